The molecule has 2 atom stereocenters. The summed E-state index contributed by atoms with van der Waals surface area (Å²) in [7, 11) is 1.61. The van der Waals surface area contributed by atoms with Crippen LogP contribution in [0.25, 0.3) is 0 Å². The smallest absolute Gasteiger partial charge is 0.290 e. The lowest BCUT2D eigenvalue weighted by molar-refractivity contribution is -0.135. The monoisotopic (exact) mass is 510 g/mol. The third kappa shape index (κ3) is 5.35. The number of aliphatic hydroxyl groups is 2. The molecule has 1 unspecified atom stereocenters. The van der Waals surface area contributed by atoms with Gasteiger partial charge in [-0.25, -0.2) is 0 Å². The quantitative estimate of drug-likeness (QED) is 0.472. The van der Waals surface area contributed by atoms with Gasteiger partial charge in [0.05, 0.1) is 26.4 Å². The molecule has 10 heteroatoms. The van der Waals surface area contributed by atoms with Gasteiger partial charge in [0.25, 0.3) is 5.91 Å². The Labute approximate surface area is 215 Å². The van der Waals surface area contributed by atoms with E-state index in [-0.39, 0.29) is 25.0 Å². The number of fused-ring (bicyclic) bond motifs is 1. The number of hydrogen-bond acceptors (Lipinski definition) is 7. The maximum Gasteiger partial charge on any atom is 0.290 e. The Morgan fingerprint density at radius 2 is 2.08 bits per heavy atom. The summed E-state index contributed by atoms with van der Waals surface area (Å²) in [5.74, 6) is 1.78. The number of ether oxygens (including phenoxy) is 2. The normalized spacial score (nSPS) is 19.2. The van der Waals surface area contributed by atoms with Crippen LogP contribution in [0.1, 0.15) is 44.1 Å². The summed E-state index contributed by atoms with van der Waals surface area (Å²) >= 11 is 0. The molecule has 1 fully saturated rings. The van der Waals surface area contributed by atoms with Crippen LogP contribution in [-0.2, 0) is 22.6 Å². The lowest BCUT2D eigenvalue weighted by atomic mass is 9.84. The van der Waals surface area contributed by atoms with Crippen LogP contribution in [0.3, 0.4) is 0 Å². The van der Waals surface area contributed by atoms with E-state index in [4.69, 9.17) is 14.6 Å². The minimum atomic E-state index is -0.940. The number of benzene rings is 1. The highest BCUT2D eigenvalue weighted by Crippen LogP contribution is 2.40. The maximum absolute atomic E-state index is 13.6. The number of carbonyl (C=O) groups is 2. The van der Waals surface area contributed by atoms with Crippen molar-refractivity contribution in [2.24, 2.45) is 5.92 Å². The molecule has 3 N–H and O–H groups in total. The van der Waals surface area contributed by atoms with Crippen molar-refractivity contribution in [1.82, 2.24) is 14.7 Å². The third-order valence-electron chi connectivity index (χ3n) is 7.51. The molecule has 10 nitrogen and oxygen atoms in total. The van der Waals surface area contributed by atoms with E-state index in [2.05, 4.69) is 10.4 Å². The molecule has 0 spiro atoms. The first kappa shape index (κ1) is 25.3. The maximum atomic E-state index is 13.6. The average Bonchev–Trinajstić information content (AvgIpc) is 3.49. The van der Waals surface area contributed by atoms with Crippen molar-refractivity contribution in [3.05, 3.63) is 47.4 Å². The van der Waals surface area contributed by atoms with Crippen molar-refractivity contribution in [2.45, 2.75) is 63.6 Å². The Morgan fingerprint density at radius 1 is 1.27 bits per heavy atom. The fourth-order valence-corrected chi connectivity index (χ4v) is 5.59. The van der Waals surface area contributed by atoms with Gasteiger partial charge in [0.1, 0.15) is 17.5 Å². The summed E-state index contributed by atoms with van der Waals surface area (Å²) in [5, 5.41) is 25.9. The first-order valence-corrected chi connectivity index (χ1v) is 13.0. The Balaban J connectivity index is 1.34. The van der Waals surface area contributed by atoms with Crippen molar-refractivity contribution in [1.29, 1.82) is 0 Å². The number of hydrogen-bond donors (Lipinski definition) is 3. The summed E-state index contributed by atoms with van der Waals surface area (Å²) < 4.78 is 13.0. The van der Waals surface area contributed by atoms with Crippen LogP contribution in [-0.4, -0.2) is 69.1 Å². The van der Waals surface area contributed by atoms with Gasteiger partial charge < -0.3 is 29.9 Å². The van der Waals surface area contributed by atoms with Gasteiger partial charge >= 0.3 is 0 Å². The van der Waals surface area contributed by atoms with Crippen LogP contribution in [0, 0.1) is 5.92 Å². The van der Waals surface area contributed by atoms with Gasteiger partial charge in [-0.1, -0.05) is 38.2 Å². The number of aromatic nitrogens is 2. The van der Waals surface area contributed by atoms with Gasteiger partial charge in [0.15, 0.2) is 11.6 Å². The SMILES string of the molecule is COc1cccc2c1CC1=C(O2)C(=O)N([C@@H](CC2CCCCC2)C(=O)Nc2ccn(CC(O)CO)n2)C1. The summed E-state index contributed by atoms with van der Waals surface area (Å²) in [6, 6.07) is 6.51. The highest BCUT2D eigenvalue weighted by Gasteiger charge is 2.42. The van der Waals surface area contributed by atoms with Gasteiger partial charge in [-0.2, -0.15) is 5.10 Å². The van der Waals surface area contributed by atoms with Crippen LogP contribution in [0.2, 0.25) is 0 Å². The van der Waals surface area contributed by atoms with Crippen LogP contribution >= 0.6 is 0 Å². The molecule has 0 saturated heterocycles. The molecule has 1 saturated carbocycles. The summed E-state index contributed by atoms with van der Waals surface area (Å²) in [6.45, 7) is 0.0612. The van der Waals surface area contributed by atoms with Crippen molar-refractivity contribution in [3.63, 3.8) is 0 Å². The Bertz CT molecular complexity index is 1190. The van der Waals surface area contributed by atoms with Gasteiger partial charge in [0, 0.05) is 36.4 Å². The van der Waals surface area contributed by atoms with E-state index in [9.17, 15) is 14.7 Å². The predicted octanol–water partition coefficient (Wildman–Crippen LogP) is 2.25. The van der Waals surface area contributed by atoms with Crippen molar-refractivity contribution in [3.8, 4) is 11.5 Å². The van der Waals surface area contributed by atoms with Crippen LogP contribution < -0.4 is 14.8 Å². The number of anilines is 1. The molecular formula is C27H34N4O6. The van der Waals surface area contributed by atoms with Gasteiger partial charge in [-0.15, -0.1) is 0 Å². The number of methoxy groups -OCH3 is 1. The average molecular weight is 511 g/mol. The highest BCUT2D eigenvalue weighted by atomic mass is 16.5. The van der Waals surface area contributed by atoms with Crippen LogP contribution in [0.4, 0.5) is 5.82 Å². The Morgan fingerprint density at radius 3 is 2.84 bits per heavy atom. The first-order chi connectivity index (χ1) is 18.0. The molecule has 1 aromatic carbocycles. The molecule has 0 radical (unpaired) electrons. The molecule has 5 rings (SSSR count). The molecule has 1 aromatic heterocycles. The van der Waals surface area contributed by atoms with E-state index in [1.807, 2.05) is 18.2 Å². The van der Waals surface area contributed by atoms with Gasteiger partial charge in [-0.3, -0.25) is 14.3 Å². The second-order valence-electron chi connectivity index (χ2n) is 10.1. The van der Waals surface area contributed by atoms with Gasteiger partial charge in [0.2, 0.25) is 5.91 Å². The van der Waals surface area contributed by atoms with Crippen molar-refractivity contribution >= 4 is 17.6 Å². The Hall–Kier alpha value is -3.37. The molecule has 3 heterocycles. The zero-order chi connectivity index (χ0) is 25.9. The van der Waals surface area contributed by atoms with Crippen LogP contribution in [0.15, 0.2) is 41.8 Å². The molecule has 198 valence electrons. The number of nitrogens with zero attached hydrogens (tertiary/aromatic N) is 3. The molecule has 2 amide bonds. The van der Waals surface area contributed by atoms with E-state index in [1.54, 1.807) is 24.3 Å². The molecule has 3 aliphatic rings. The molecule has 2 aliphatic heterocycles. The fraction of sp³-hybridized carbons (Fsp3) is 0.519. The van der Waals surface area contributed by atoms with Crippen LogP contribution in [0.5, 0.6) is 11.5 Å². The largest absolute Gasteiger partial charge is 0.496 e. The second-order valence-corrected chi connectivity index (χ2v) is 10.1. The van der Waals surface area contributed by atoms with E-state index < -0.39 is 12.1 Å². The number of aliphatic hydroxyl groups excluding tert-OH is 2. The lowest BCUT2D eigenvalue weighted by Crippen LogP contribution is -2.47. The summed E-state index contributed by atoms with van der Waals surface area (Å²) in [4.78, 5) is 28.8. The summed E-state index contributed by atoms with van der Waals surface area (Å²) in [6.07, 6.45) is 7.38. The van der Waals surface area contributed by atoms with E-state index >= 15 is 0 Å². The minimum absolute atomic E-state index is 0.112. The van der Waals surface area contributed by atoms with E-state index in [0.29, 0.717) is 48.4 Å². The van der Waals surface area contributed by atoms with E-state index in [1.165, 1.54) is 11.1 Å². The molecule has 37 heavy (non-hydrogen) atoms. The Kier molecular flexibility index (Phi) is 7.48. The molecule has 0 bridgehead atoms. The topological polar surface area (TPSA) is 126 Å². The predicted molar refractivity (Wildman–Crippen MR) is 135 cm³/mol. The highest BCUT2D eigenvalue weighted by molar-refractivity contribution is 6.02. The third-order valence-corrected chi connectivity index (χ3v) is 7.51. The summed E-state index contributed by atoms with van der Waals surface area (Å²) in [5.41, 5.74) is 1.76. The fourth-order valence-electron chi connectivity index (χ4n) is 5.59. The first-order valence-electron chi connectivity index (χ1n) is 13.0. The van der Waals surface area contributed by atoms with Gasteiger partial charge in [-0.05, 0) is 24.5 Å². The standard InChI is InChI=1S/C27H34N4O6/c1-36-22-8-5-9-23-20(22)13-18-14-31(27(35)25(18)37-23)21(12-17-6-3-2-4-7-17)26(34)28-24-10-11-30(29-24)15-19(33)16-32/h5,8-11,17,19,21,32-33H,2-4,6-7,12-16H2,1H3,(H,28,29,34)/t19?,21-/m0/s1. The lowest BCUT2D eigenvalue weighted by Gasteiger charge is -2.31. The number of amides is 2. The number of carbonyl (C=O) groups excluding carboxylic acids is 2. The molecular weight excluding hydrogens is 476 g/mol. The minimum Gasteiger partial charge on any atom is -0.496 e. The zero-order valence-corrected chi connectivity index (χ0v) is 21.1. The number of rotatable bonds is 9. The second kappa shape index (κ2) is 10.9. The zero-order valence-electron chi connectivity index (χ0n) is 21.1. The molecule has 1 aliphatic carbocycles. The van der Waals surface area contributed by atoms with Crippen molar-refractivity contribution in [2.75, 3.05) is 25.6 Å². The molecule has 2 aromatic rings. The van der Waals surface area contributed by atoms with Crippen molar-refractivity contribution < 1.29 is 29.3 Å². The number of nitrogens with one attached hydrogen (secondary N) is 1. The van der Waals surface area contributed by atoms with E-state index in [0.717, 1.165) is 36.8 Å².